The Morgan fingerprint density at radius 2 is 1.80 bits per heavy atom. The first-order valence-electron chi connectivity index (χ1n) is 8.87. The Bertz CT molecular complexity index is 709. The molecule has 1 aliphatic heterocycles. The molecule has 0 atom stereocenters. The Morgan fingerprint density at radius 1 is 1.12 bits per heavy atom. The molecule has 1 fully saturated rings. The van der Waals surface area contributed by atoms with Crippen LogP contribution in [0.4, 0.5) is 14.9 Å². The predicted octanol–water partition coefficient (Wildman–Crippen LogP) is 2.32. The minimum atomic E-state index is -0.201. The highest BCUT2D eigenvalue weighted by Gasteiger charge is 2.24. The zero-order valence-electron chi connectivity index (χ0n) is 14.6. The molecule has 0 saturated carbocycles. The summed E-state index contributed by atoms with van der Waals surface area (Å²) in [6.07, 6.45) is 0.895. The van der Waals surface area contributed by atoms with Crippen LogP contribution in [0.15, 0.2) is 48.5 Å². The number of amides is 2. The van der Waals surface area contributed by atoms with Gasteiger partial charge in [-0.3, -0.25) is 0 Å². The molecule has 1 saturated heterocycles. The fraction of sp³-hybridized carbons (Fsp3) is 0.350. The highest BCUT2D eigenvalue weighted by atomic mass is 19.1. The van der Waals surface area contributed by atoms with Gasteiger partial charge >= 0.3 is 6.03 Å². The van der Waals surface area contributed by atoms with Gasteiger partial charge in [-0.1, -0.05) is 37.3 Å². The van der Waals surface area contributed by atoms with Crippen LogP contribution in [0.5, 0.6) is 0 Å². The molecule has 0 aliphatic carbocycles. The van der Waals surface area contributed by atoms with Gasteiger partial charge in [0.05, 0.1) is 26.2 Å². The number of carbonyl (C=O) groups excluding carboxylic acids is 1. The van der Waals surface area contributed by atoms with Crippen molar-refractivity contribution in [3.63, 3.8) is 0 Å². The van der Waals surface area contributed by atoms with Crippen LogP contribution in [0.3, 0.4) is 0 Å². The highest BCUT2D eigenvalue weighted by Crippen LogP contribution is 2.16. The molecule has 3 rings (SSSR count). The molecule has 0 aromatic heterocycles. The first-order chi connectivity index (χ1) is 12.2. The zero-order chi connectivity index (χ0) is 17.6. The monoisotopic (exact) mass is 342 g/mol. The molecular formula is C20H25FN3O+. The summed E-state index contributed by atoms with van der Waals surface area (Å²) in [4.78, 5) is 15.8. The molecule has 25 heavy (non-hydrogen) atoms. The van der Waals surface area contributed by atoms with E-state index >= 15 is 0 Å². The number of aryl methyl sites for hydroxylation is 1. The van der Waals surface area contributed by atoms with Crippen molar-refractivity contribution >= 4 is 11.7 Å². The van der Waals surface area contributed by atoms with Crippen molar-refractivity contribution in [1.82, 2.24) is 4.90 Å². The second kappa shape index (κ2) is 8.12. The fourth-order valence-electron chi connectivity index (χ4n) is 3.24. The van der Waals surface area contributed by atoms with E-state index < -0.39 is 0 Å². The lowest BCUT2D eigenvalue weighted by Crippen LogP contribution is -3.13. The number of hydrogen-bond donors (Lipinski definition) is 2. The maximum absolute atomic E-state index is 13.0. The van der Waals surface area contributed by atoms with Crippen molar-refractivity contribution in [1.29, 1.82) is 0 Å². The van der Waals surface area contributed by atoms with Gasteiger partial charge in [0.2, 0.25) is 0 Å². The summed E-state index contributed by atoms with van der Waals surface area (Å²) in [5.41, 5.74) is 3.18. The molecule has 1 aliphatic rings. The van der Waals surface area contributed by atoms with Gasteiger partial charge < -0.3 is 15.1 Å². The van der Waals surface area contributed by atoms with Crippen molar-refractivity contribution in [3.05, 3.63) is 65.5 Å². The standard InChI is InChI=1S/C20H24FN3O/c1-2-17-5-3-4-6-19(17)22-20(25)24-13-11-23(12-14-24)15-16-7-9-18(21)10-8-16/h3-10H,2,11-15H2,1H3,(H,22,25)/p+1. The van der Waals surface area contributed by atoms with Crippen LogP contribution < -0.4 is 10.2 Å². The quantitative estimate of drug-likeness (QED) is 0.879. The number of nitrogens with one attached hydrogen (secondary N) is 2. The van der Waals surface area contributed by atoms with Crippen LogP contribution in [0.2, 0.25) is 0 Å². The molecule has 2 amide bonds. The molecule has 0 spiro atoms. The zero-order valence-corrected chi connectivity index (χ0v) is 14.6. The van der Waals surface area contributed by atoms with Crippen LogP contribution in [0.1, 0.15) is 18.1 Å². The Kier molecular flexibility index (Phi) is 5.66. The van der Waals surface area contributed by atoms with E-state index in [0.717, 1.165) is 56.0 Å². The SMILES string of the molecule is CCc1ccccc1NC(=O)N1CC[NH+](Cc2ccc(F)cc2)CC1. The lowest BCUT2D eigenvalue weighted by atomic mass is 10.1. The average Bonchev–Trinajstić information content (AvgIpc) is 2.64. The van der Waals surface area contributed by atoms with Gasteiger partial charge in [0.1, 0.15) is 12.4 Å². The number of rotatable bonds is 4. The largest absolute Gasteiger partial charge is 0.328 e. The smallest absolute Gasteiger partial charge is 0.322 e. The molecule has 0 unspecified atom stereocenters. The van der Waals surface area contributed by atoms with Crippen LogP contribution >= 0.6 is 0 Å². The van der Waals surface area contributed by atoms with Crippen LogP contribution in [-0.4, -0.2) is 37.1 Å². The molecule has 0 bridgehead atoms. The Balaban J connectivity index is 1.51. The van der Waals surface area contributed by atoms with Gasteiger partial charge in [0, 0.05) is 11.3 Å². The third-order valence-electron chi connectivity index (χ3n) is 4.77. The number of quaternary nitrogens is 1. The summed E-state index contributed by atoms with van der Waals surface area (Å²) >= 11 is 0. The number of piperazine rings is 1. The van der Waals surface area contributed by atoms with Gasteiger partial charge in [-0.15, -0.1) is 0 Å². The van der Waals surface area contributed by atoms with E-state index in [1.54, 1.807) is 0 Å². The number of para-hydroxylation sites is 1. The average molecular weight is 342 g/mol. The molecule has 5 heteroatoms. The molecule has 2 N–H and O–H groups in total. The van der Waals surface area contributed by atoms with Crippen molar-refractivity contribution in [3.8, 4) is 0 Å². The van der Waals surface area contributed by atoms with E-state index in [-0.39, 0.29) is 11.8 Å². The van der Waals surface area contributed by atoms with Crippen LogP contribution in [0, 0.1) is 5.82 Å². The molecule has 2 aromatic rings. The number of nitrogens with zero attached hydrogens (tertiary/aromatic N) is 1. The number of anilines is 1. The predicted molar refractivity (Wildman–Crippen MR) is 97.2 cm³/mol. The van der Waals surface area contributed by atoms with Gasteiger partial charge in [-0.05, 0) is 30.2 Å². The number of carbonyl (C=O) groups is 1. The Morgan fingerprint density at radius 3 is 2.48 bits per heavy atom. The third kappa shape index (κ3) is 4.57. The second-order valence-electron chi connectivity index (χ2n) is 6.48. The van der Waals surface area contributed by atoms with Crippen molar-refractivity contribution < 1.29 is 14.1 Å². The van der Waals surface area contributed by atoms with E-state index in [9.17, 15) is 9.18 Å². The van der Waals surface area contributed by atoms with Crippen LogP contribution in [0.25, 0.3) is 0 Å². The van der Waals surface area contributed by atoms with Gasteiger partial charge in [-0.2, -0.15) is 0 Å². The molecule has 2 aromatic carbocycles. The van der Waals surface area contributed by atoms with Crippen molar-refractivity contribution in [2.24, 2.45) is 0 Å². The fourth-order valence-corrected chi connectivity index (χ4v) is 3.24. The van der Waals surface area contributed by atoms with Gasteiger partial charge in [-0.25, -0.2) is 9.18 Å². The third-order valence-corrected chi connectivity index (χ3v) is 4.77. The summed E-state index contributed by atoms with van der Waals surface area (Å²) < 4.78 is 13.0. The minimum absolute atomic E-state index is 0.0262. The summed E-state index contributed by atoms with van der Waals surface area (Å²) in [6.45, 7) is 6.23. The summed E-state index contributed by atoms with van der Waals surface area (Å²) in [7, 11) is 0. The number of hydrogen-bond acceptors (Lipinski definition) is 1. The minimum Gasteiger partial charge on any atom is -0.328 e. The Labute approximate surface area is 148 Å². The maximum atomic E-state index is 13.0. The topological polar surface area (TPSA) is 36.8 Å². The molecule has 132 valence electrons. The normalized spacial score (nSPS) is 15.2. The molecule has 4 nitrogen and oxygen atoms in total. The van der Waals surface area contributed by atoms with Crippen molar-refractivity contribution in [2.75, 3.05) is 31.5 Å². The van der Waals surface area contributed by atoms with E-state index in [2.05, 4.69) is 12.2 Å². The number of urea groups is 1. The highest BCUT2D eigenvalue weighted by molar-refractivity contribution is 5.90. The first kappa shape index (κ1) is 17.4. The molecule has 0 radical (unpaired) electrons. The van der Waals surface area contributed by atoms with E-state index in [1.165, 1.54) is 17.0 Å². The van der Waals surface area contributed by atoms with Crippen LogP contribution in [-0.2, 0) is 13.0 Å². The van der Waals surface area contributed by atoms with E-state index in [4.69, 9.17) is 0 Å². The first-order valence-corrected chi connectivity index (χ1v) is 8.87. The lowest BCUT2D eigenvalue weighted by Gasteiger charge is -2.32. The number of halogens is 1. The number of benzene rings is 2. The van der Waals surface area contributed by atoms with Gasteiger partial charge in [0.25, 0.3) is 0 Å². The summed E-state index contributed by atoms with van der Waals surface area (Å²) in [5.74, 6) is -0.201. The maximum Gasteiger partial charge on any atom is 0.322 e. The molecular weight excluding hydrogens is 317 g/mol. The summed E-state index contributed by atoms with van der Waals surface area (Å²) in [6, 6.07) is 14.6. The second-order valence-corrected chi connectivity index (χ2v) is 6.48. The molecule has 1 heterocycles. The lowest BCUT2D eigenvalue weighted by molar-refractivity contribution is -0.917. The summed E-state index contributed by atoms with van der Waals surface area (Å²) in [5, 5.41) is 3.04. The van der Waals surface area contributed by atoms with E-state index in [1.807, 2.05) is 41.3 Å². The van der Waals surface area contributed by atoms with Gasteiger partial charge in [0.15, 0.2) is 0 Å². The van der Waals surface area contributed by atoms with Crippen molar-refractivity contribution in [2.45, 2.75) is 19.9 Å². The van der Waals surface area contributed by atoms with E-state index in [0.29, 0.717) is 0 Å². The Hall–Kier alpha value is -2.40.